The van der Waals surface area contributed by atoms with Gasteiger partial charge in [-0.15, -0.1) is 0 Å². The summed E-state index contributed by atoms with van der Waals surface area (Å²) in [6.07, 6.45) is 10.9. The first kappa shape index (κ1) is 30.6. The Labute approximate surface area is 290 Å². The van der Waals surface area contributed by atoms with Crippen LogP contribution in [0.1, 0.15) is 63.9 Å². The fraction of sp³-hybridized carbons (Fsp3) is 0.106. The number of nitrogens with one attached hydrogen (secondary N) is 2. The summed E-state index contributed by atoms with van der Waals surface area (Å²) in [7, 11) is 0. The van der Waals surface area contributed by atoms with Gasteiger partial charge in [-0.25, -0.2) is 0 Å². The third-order valence-corrected chi connectivity index (χ3v) is 10.0. The highest BCUT2D eigenvalue weighted by Gasteiger charge is 2.56. The van der Waals surface area contributed by atoms with E-state index in [1.165, 1.54) is 50.1 Å². The highest BCUT2D eigenvalue weighted by atomic mass is 15.2. The van der Waals surface area contributed by atoms with Crippen molar-refractivity contribution in [3.8, 4) is 11.1 Å². The van der Waals surface area contributed by atoms with Gasteiger partial charge in [-0.2, -0.15) is 0 Å². The first-order valence-electron chi connectivity index (χ1n) is 17.3. The van der Waals surface area contributed by atoms with E-state index in [1.807, 2.05) is 0 Å². The molecule has 0 aromatic heterocycles. The molecule has 0 radical (unpaired) electrons. The molecular weight excluding hydrogens is 593 g/mol. The van der Waals surface area contributed by atoms with Gasteiger partial charge in [-0.1, -0.05) is 158 Å². The molecule has 2 atom stereocenters. The van der Waals surface area contributed by atoms with Crippen molar-refractivity contribution in [2.75, 3.05) is 5.32 Å². The summed E-state index contributed by atoms with van der Waals surface area (Å²) in [4.78, 5) is 0. The maximum atomic E-state index is 4.77. The lowest BCUT2D eigenvalue weighted by Crippen LogP contribution is -2.15. The Morgan fingerprint density at radius 1 is 0.776 bits per heavy atom. The normalized spacial score (nSPS) is 17.9. The molecule has 2 N–H and O–H groups in total. The number of benzene rings is 6. The molecule has 0 spiro atoms. The van der Waals surface area contributed by atoms with Gasteiger partial charge in [-0.3, -0.25) is 5.32 Å². The van der Waals surface area contributed by atoms with Crippen molar-refractivity contribution in [1.29, 1.82) is 0 Å². The summed E-state index contributed by atoms with van der Waals surface area (Å²) >= 11 is 0. The molecule has 0 amide bonds. The van der Waals surface area contributed by atoms with E-state index in [-0.39, 0.29) is 11.6 Å². The molecule has 49 heavy (non-hydrogen) atoms. The second-order valence-electron chi connectivity index (χ2n) is 13.0. The van der Waals surface area contributed by atoms with Crippen LogP contribution in [-0.2, 0) is 12.0 Å². The van der Waals surface area contributed by atoms with Crippen LogP contribution in [0.2, 0.25) is 0 Å². The van der Waals surface area contributed by atoms with Crippen LogP contribution in [0.4, 0.5) is 11.4 Å². The highest BCUT2D eigenvalue weighted by molar-refractivity contribution is 5.96. The van der Waals surface area contributed by atoms with Gasteiger partial charge in [0.2, 0.25) is 0 Å². The van der Waals surface area contributed by atoms with Crippen LogP contribution < -0.4 is 10.6 Å². The quantitative estimate of drug-likeness (QED) is 0.156. The zero-order chi connectivity index (χ0) is 33.2. The van der Waals surface area contributed by atoms with Gasteiger partial charge in [0, 0.05) is 16.9 Å². The van der Waals surface area contributed by atoms with Crippen LogP contribution in [0, 0.1) is 0 Å². The largest absolute Gasteiger partial charge is 0.355 e. The standard InChI is InChI=1S/C47H40N2/c1-3-17-34-20-13-14-25-40(34)33(2)45-42-27-16-15-26-41(42)43(35-18-7-4-8-19-35)32-44(45)48-39-30-28-38(29-31-39)47(37-23-11-6-12-24-37)46(49-47)36-21-9-5-10-22-36/h3-15,17-26,28-32,46,48-49H,2,16,27H2,1H3/b17-3-. The minimum Gasteiger partial charge on any atom is -0.355 e. The third kappa shape index (κ3) is 5.65. The number of rotatable bonds is 9. The Bertz CT molecular complexity index is 2180. The first-order chi connectivity index (χ1) is 24.2. The lowest BCUT2D eigenvalue weighted by Gasteiger charge is -2.26. The van der Waals surface area contributed by atoms with E-state index < -0.39 is 0 Å². The van der Waals surface area contributed by atoms with Crippen molar-refractivity contribution in [2.24, 2.45) is 0 Å². The minimum absolute atomic E-state index is 0.212. The molecule has 1 aliphatic carbocycles. The number of anilines is 2. The van der Waals surface area contributed by atoms with Crippen LogP contribution in [0.15, 0.2) is 164 Å². The SMILES string of the molecule is C=C(c1ccccc1/C=C\C)c1c(Nc2ccc(C3(c4ccccc4)NC3c3ccccc3)cc2)cc(-c2ccccc2)c2c1CCC=C2. The van der Waals surface area contributed by atoms with Gasteiger partial charge < -0.3 is 5.32 Å². The summed E-state index contributed by atoms with van der Waals surface area (Å²) < 4.78 is 0. The lowest BCUT2D eigenvalue weighted by atomic mass is 9.81. The van der Waals surface area contributed by atoms with E-state index in [2.05, 4.69) is 187 Å². The number of hydrogen-bond donors (Lipinski definition) is 2. The highest BCUT2D eigenvalue weighted by Crippen LogP contribution is 2.53. The van der Waals surface area contributed by atoms with Crippen LogP contribution in [-0.4, -0.2) is 0 Å². The zero-order valence-corrected chi connectivity index (χ0v) is 27.9. The maximum Gasteiger partial charge on any atom is 0.0894 e. The Hall–Kier alpha value is -5.70. The van der Waals surface area contributed by atoms with Crippen molar-refractivity contribution in [3.05, 3.63) is 209 Å². The topological polar surface area (TPSA) is 34.0 Å². The molecule has 6 aromatic carbocycles. The third-order valence-electron chi connectivity index (χ3n) is 10.0. The molecule has 0 saturated carbocycles. The van der Waals surface area contributed by atoms with Crippen LogP contribution in [0.5, 0.6) is 0 Å². The average molecular weight is 633 g/mol. The predicted molar refractivity (Wildman–Crippen MR) is 208 cm³/mol. The van der Waals surface area contributed by atoms with Crippen LogP contribution in [0.3, 0.4) is 0 Å². The van der Waals surface area contributed by atoms with E-state index >= 15 is 0 Å². The molecule has 6 aromatic rings. The van der Waals surface area contributed by atoms with E-state index in [9.17, 15) is 0 Å². The molecule has 1 fully saturated rings. The Kier molecular flexibility index (Phi) is 8.17. The molecular formula is C47H40N2. The lowest BCUT2D eigenvalue weighted by molar-refractivity contribution is 0.787. The van der Waals surface area contributed by atoms with Crippen LogP contribution in [0.25, 0.3) is 28.9 Å². The summed E-state index contributed by atoms with van der Waals surface area (Å²) in [5, 5.41) is 7.77. The van der Waals surface area contributed by atoms with E-state index in [0.29, 0.717) is 0 Å². The van der Waals surface area contributed by atoms with Gasteiger partial charge in [0.1, 0.15) is 0 Å². The molecule has 1 aliphatic heterocycles. The monoisotopic (exact) mass is 632 g/mol. The van der Waals surface area contributed by atoms with Crippen molar-refractivity contribution >= 4 is 29.1 Å². The molecule has 2 heteroatoms. The Morgan fingerprint density at radius 2 is 1.43 bits per heavy atom. The van der Waals surface area contributed by atoms with Crippen LogP contribution >= 0.6 is 0 Å². The Balaban J connectivity index is 1.23. The molecule has 2 nitrogen and oxygen atoms in total. The maximum absolute atomic E-state index is 4.77. The second kappa shape index (κ2) is 13.1. The summed E-state index contributed by atoms with van der Waals surface area (Å²) in [5.41, 5.74) is 15.3. The summed E-state index contributed by atoms with van der Waals surface area (Å²) in [5.74, 6) is 0. The molecule has 1 saturated heterocycles. The van der Waals surface area contributed by atoms with Gasteiger partial charge >= 0.3 is 0 Å². The van der Waals surface area contributed by atoms with Crippen molar-refractivity contribution in [1.82, 2.24) is 5.32 Å². The summed E-state index contributed by atoms with van der Waals surface area (Å²) in [6, 6.07) is 52.5. The second-order valence-corrected chi connectivity index (χ2v) is 13.0. The van der Waals surface area contributed by atoms with Gasteiger partial charge in [0.05, 0.1) is 11.6 Å². The average Bonchev–Trinajstić information content (AvgIpc) is 3.93. The van der Waals surface area contributed by atoms with E-state index in [4.69, 9.17) is 6.58 Å². The number of fused-ring (bicyclic) bond motifs is 1. The molecule has 2 unspecified atom stereocenters. The fourth-order valence-corrected chi connectivity index (χ4v) is 7.67. The number of allylic oxidation sites excluding steroid dienone is 2. The molecule has 8 rings (SSSR count). The molecule has 238 valence electrons. The van der Waals surface area contributed by atoms with Crippen molar-refractivity contribution in [3.63, 3.8) is 0 Å². The minimum atomic E-state index is -0.268. The zero-order valence-electron chi connectivity index (χ0n) is 27.9. The Morgan fingerprint density at radius 3 is 2.16 bits per heavy atom. The smallest absolute Gasteiger partial charge is 0.0894 e. The molecule has 1 heterocycles. The van der Waals surface area contributed by atoms with Crippen molar-refractivity contribution in [2.45, 2.75) is 31.3 Å². The number of hydrogen-bond acceptors (Lipinski definition) is 2. The van der Waals surface area contributed by atoms with E-state index in [1.54, 1.807) is 0 Å². The fourth-order valence-electron chi connectivity index (χ4n) is 7.67. The van der Waals surface area contributed by atoms with Crippen molar-refractivity contribution < 1.29 is 0 Å². The molecule has 2 aliphatic rings. The summed E-state index contributed by atoms with van der Waals surface area (Å²) in [6.45, 7) is 6.84. The molecule has 0 bridgehead atoms. The van der Waals surface area contributed by atoms with Gasteiger partial charge in [0.15, 0.2) is 0 Å². The first-order valence-corrected chi connectivity index (χ1v) is 17.3. The van der Waals surface area contributed by atoms with Gasteiger partial charge in [0.25, 0.3) is 0 Å². The van der Waals surface area contributed by atoms with E-state index in [0.717, 1.165) is 35.4 Å². The van der Waals surface area contributed by atoms with Gasteiger partial charge in [-0.05, 0) is 93.6 Å². The predicted octanol–water partition coefficient (Wildman–Crippen LogP) is 11.7.